The molecule has 100 valence electrons. The van der Waals surface area contributed by atoms with E-state index in [2.05, 4.69) is 21.2 Å². The van der Waals surface area contributed by atoms with Crippen molar-refractivity contribution < 1.29 is 14.3 Å². The lowest BCUT2D eigenvalue weighted by molar-refractivity contribution is -0.139. The molecule has 2 N–H and O–H groups in total. The number of fused-ring (bicyclic) bond motifs is 1. The van der Waals surface area contributed by atoms with Crippen molar-refractivity contribution in [3.63, 3.8) is 0 Å². The molecule has 0 amide bonds. The van der Waals surface area contributed by atoms with E-state index in [0.717, 1.165) is 9.86 Å². The van der Waals surface area contributed by atoms with E-state index in [-0.39, 0.29) is 6.54 Å². The van der Waals surface area contributed by atoms with E-state index in [1.54, 1.807) is 13.0 Å². The first-order valence-electron chi connectivity index (χ1n) is 5.66. The summed E-state index contributed by atoms with van der Waals surface area (Å²) < 4.78 is 5.92. The Balaban J connectivity index is 2.37. The zero-order valence-electron chi connectivity index (χ0n) is 10.1. The summed E-state index contributed by atoms with van der Waals surface area (Å²) >= 11 is 3.31. The van der Waals surface area contributed by atoms with Crippen molar-refractivity contribution >= 4 is 32.9 Å². The molecule has 5 nitrogen and oxygen atoms in total. The van der Waals surface area contributed by atoms with E-state index >= 15 is 0 Å². The van der Waals surface area contributed by atoms with Crippen LogP contribution in [0.4, 0.5) is 0 Å². The third-order valence-electron chi connectivity index (χ3n) is 2.76. The van der Waals surface area contributed by atoms with Gasteiger partial charge in [0.2, 0.25) is 0 Å². The second-order valence-corrected chi connectivity index (χ2v) is 5.09. The van der Waals surface area contributed by atoms with E-state index in [1.165, 1.54) is 6.07 Å². The molecule has 2 aromatic rings. The van der Waals surface area contributed by atoms with Crippen molar-refractivity contribution in [2.24, 2.45) is 0 Å². The summed E-state index contributed by atoms with van der Waals surface area (Å²) in [5.74, 6) is -0.935. The van der Waals surface area contributed by atoms with Gasteiger partial charge in [-0.3, -0.25) is 4.79 Å². The number of carboxylic acids is 1. The minimum absolute atomic E-state index is 0.289. The van der Waals surface area contributed by atoms with Crippen molar-refractivity contribution in [1.29, 1.82) is 0 Å². The smallest absolute Gasteiger partial charge is 0.336 e. The fraction of sp³-hybridized carbons (Fsp3) is 0.231. The van der Waals surface area contributed by atoms with Crippen molar-refractivity contribution in [3.05, 3.63) is 44.7 Å². The van der Waals surface area contributed by atoms with Gasteiger partial charge in [0.05, 0.1) is 0 Å². The maximum Gasteiger partial charge on any atom is 0.336 e. The number of halogens is 1. The first-order valence-corrected chi connectivity index (χ1v) is 6.45. The highest BCUT2D eigenvalue weighted by atomic mass is 79.9. The monoisotopic (exact) mass is 325 g/mol. The van der Waals surface area contributed by atoms with Crippen LogP contribution in [0, 0.1) is 0 Å². The molecule has 0 aliphatic heterocycles. The van der Waals surface area contributed by atoms with Crippen LogP contribution >= 0.6 is 15.9 Å². The largest absolute Gasteiger partial charge is 0.480 e. The summed E-state index contributed by atoms with van der Waals surface area (Å²) in [4.78, 5) is 22.2. The Kier molecular flexibility index (Phi) is 4.01. The minimum Gasteiger partial charge on any atom is -0.480 e. The van der Waals surface area contributed by atoms with Crippen molar-refractivity contribution in [2.45, 2.75) is 19.5 Å². The van der Waals surface area contributed by atoms with Gasteiger partial charge in [0, 0.05) is 22.5 Å². The van der Waals surface area contributed by atoms with Crippen LogP contribution in [-0.4, -0.2) is 17.1 Å². The van der Waals surface area contributed by atoms with E-state index < -0.39 is 17.6 Å². The Bertz CT molecular complexity index is 680. The van der Waals surface area contributed by atoms with Gasteiger partial charge in [0.25, 0.3) is 0 Å². The van der Waals surface area contributed by atoms with Crippen LogP contribution < -0.4 is 10.9 Å². The van der Waals surface area contributed by atoms with E-state index in [1.807, 2.05) is 12.1 Å². The van der Waals surface area contributed by atoms with Gasteiger partial charge in [-0.2, -0.15) is 0 Å². The molecule has 0 saturated carbocycles. The Labute approximate surface area is 117 Å². The molecule has 0 spiro atoms. The highest BCUT2D eigenvalue weighted by Gasteiger charge is 2.11. The van der Waals surface area contributed by atoms with Gasteiger partial charge in [0.15, 0.2) is 0 Å². The summed E-state index contributed by atoms with van der Waals surface area (Å²) in [5, 5.41) is 12.4. The van der Waals surface area contributed by atoms with Crippen LogP contribution in [-0.2, 0) is 11.3 Å². The van der Waals surface area contributed by atoms with Crippen molar-refractivity contribution in [1.82, 2.24) is 5.32 Å². The van der Waals surface area contributed by atoms with Crippen molar-refractivity contribution in [3.8, 4) is 0 Å². The van der Waals surface area contributed by atoms with Crippen LogP contribution in [0.2, 0.25) is 0 Å². The first kappa shape index (κ1) is 13.8. The molecule has 1 atom stereocenters. The lowest BCUT2D eigenvalue weighted by Gasteiger charge is -2.10. The highest BCUT2D eigenvalue weighted by molar-refractivity contribution is 9.10. The van der Waals surface area contributed by atoms with Gasteiger partial charge in [-0.15, -0.1) is 0 Å². The maximum atomic E-state index is 11.5. The summed E-state index contributed by atoms with van der Waals surface area (Å²) in [5.41, 5.74) is 0.735. The van der Waals surface area contributed by atoms with Gasteiger partial charge < -0.3 is 14.8 Å². The lowest BCUT2D eigenvalue weighted by Crippen LogP contribution is -2.33. The molecular weight excluding hydrogens is 314 g/mol. The highest BCUT2D eigenvalue weighted by Crippen LogP contribution is 2.21. The normalized spacial score (nSPS) is 12.5. The van der Waals surface area contributed by atoms with Gasteiger partial charge in [-0.1, -0.05) is 15.9 Å². The average molecular weight is 326 g/mol. The molecule has 19 heavy (non-hydrogen) atoms. The van der Waals surface area contributed by atoms with Crippen LogP contribution in [0.5, 0.6) is 0 Å². The number of nitrogens with one attached hydrogen (secondary N) is 1. The summed E-state index contributed by atoms with van der Waals surface area (Å²) in [6.45, 7) is 1.84. The quantitative estimate of drug-likeness (QED) is 0.842. The number of benzene rings is 1. The Morgan fingerprint density at radius 2 is 2.21 bits per heavy atom. The van der Waals surface area contributed by atoms with Crippen LogP contribution in [0.3, 0.4) is 0 Å². The van der Waals surface area contributed by atoms with Crippen molar-refractivity contribution in [2.75, 3.05) is 0 Å². The Hall–Kier alpha value is -1.66. The number of carboxylic acid groups (broad SMARTS) is 1. The molecule has 0 fully saturated rings. The third-order valence-corrected chi connectivity index (χ3v) is 3.25. The number of rotatable bonds is 4. The number of carbonyl (C=O) groups is 1. The van der Waals surface area contributed by atoms with E-state index in [9.17, 15) is 9.59 Å². The molecule has 6 heteroatoms. The summed E-state index contributed by atoms with van der Waals surface area (Å²) in [6.07, 6.45) is 0. The number of hydrogen-bond acceptors (Lipinski definition) is 4. The third kappa shape index (κ3) is 3.21. The predicted octanol–water partition coefficient (Wildman–Crippen LogP) is 2.12. The van der Waals surface area contributed by atoms with Gasteiger partial charge in [-0.05, 0) is 30.7 Å². The van der Waals surface area contributed by atoms with E-state index in [0.29, 0.717) is 11.1 Å². The molecule has 0 aliphatic carbocycles. The molecule has 0 aliphatic rings. The zero-order chi connectivity index (χ0) is 14.0. The molecule has 0 bridgehead atoms. The maximum absolute atomic E-state index is 11.5. The summed E-state index contributed by atoms with van der Waals surface area (Å²) in [6, 6.07) is 6.06. The van der Waals surface area contributed by atoms with Crippen LogP contribution in [0.15, 0.2) is 37.9 Å². The van der Waals surface area contributed by atoms with Gasteiger partial charge in [0.1, 0.15) is 11.6 Å². The lowest BCUT2D eigenvalue weighted by atomic mass is 10.1. The Morgan fingerprint density at radius 1 is 1.47 bits per heavy atom. The predicted molar refractivity (Wildman–Crippen MR) is 74.1 cm³/mol. The molecule has 0 radical (unpaired) electrons. The molecule has 0 saturated heterocycles. The standard InChI is InChI=1S/C13H12BrNO4/c1-7(13(17)18)15-6-8-4-12(16)19-11-5-9(14)2-3-10(8)11/h2-5,7,15H,6H2,1H3,(H,17,18)/t7-/m0/s1. The zero-order valence-corrected chi connectivity index (χ0v) is 11.7. The topological polar surface area (TPSA) is 79.5 Å². The fourth-order valence-corrected chi connectivity index (χ4v) is 2.04. The molecule has 1 aromatic carbocycles. The average Bonchev–Trinajstić information content (AvgIpc) is 2.34. The molecule has 1 aromatic heterocycles. The van der Waals surface area contributed by atoms with E-state index in [4.69, 9.17) is 9.52 Å². The number of aliphatic carboxylic acids is 1. The van der Waals surface area contributed by atoms with Gasteiger partial charge in [-0.25, -0.2) is 4.79 Å². The van der Waals surface area contributed by atoms with Crippen LogP contribution in [0.25, 0.3) is 11.0 Å². The Morgan fingerprint density at radius 3 is 2.89 bits per heavy atom. The molecule has 1 heterocycles. The second kappa shape index (κ2) is 5.54. The summed E-state index contributed by atoms with van der Waals surface area (Å²) in [7, 11) is 0. The molecule has 2 rings (SSSR count). The van der Waals surface area contributed by atoms with Gasteiger partial charge >= 0.3 is 11.6 Å². The molecule has 0 unspecified atom stereocenters. The van der Waals surface area contributed by atoms with Crippen LogP contribution in [0.1, 0.15) is 12.5 Å². The molecular formula is C13H12BrNO4. The first-order chi connectivity index (χ1) is 8.97. The second-order valence-electron chi connectivity index (χ2n) is 4.17. The minimum atomic E-state index is -0.935. The SMILES string of the molecule is C[C@H](NCc1cc(=O)oc2cc(Br)ccc12)C(=O)O. The fourth-order valence-electron chi connectivity index (χ4n) is 1.70. The number of hydrogen-bond donors (Lipinski definition) is 2.